The third kappa shape index (κ3) is 1.95. The van der Waals surface area contributed by atoms with E-state index in [1.165, 1.54) is 18.2 Å². The van der Waals surface area contributed by atoms with Gasteiger partial charge in [-0.3, -0.25) is 0 Å². The lowest BCUT2D eigenvalue weighted by Gasteiger charge is -2.02. The van der Waals surface area contributed by atoms with Crippen LogP contribution in [-0.2, 0) is 4.79 Å². The Labute approximate surface area is 114 Å². The van der Waals surface area contributed by atoms with Crippen LogP contribution in [0.3, 0.4) is 0 Å². The van der Waals surface area contributed by atoms with Gasteiger partial charge >= 0.3 is 5.97 Å². The molecule has 0 saturated heterocycles. The SMILES string of the molecule is O=C1Oc2cc(O)cc(O)c2/C1=C/c1ccc(O)cc1. The first-order valence-corrected chi connectivity index (χ1v) is 5.84. The molecular formula is C15H10O5. The Morgan fingerprint density at radius 3 is 2.35 bits per heavy atom. The average Bonchev–Trinajstić information content (AvgIpc) is 2.68. The van der Waals surface area contributed by atoms with Gasteiger partial charge in [0.1, 0.15) is 23.0 Å². The third-order valence-electron chi connectivity index (χ3n) is 2.96. The van der Waals surface area contributed by atoms with E-state index in [0.717, 1.165) is 6.07 Å². The Bertz CT molecular complexity index is 729. The molecule has 0 atom stereocenters. The van der Waals surface area contributed by atoms with Crippen LogP contribution in [0.15, 0.2) is 36.4 Å². The molecule has 20 heavy (non-hydrogen) atoms. The number of carbonyl (C=O) groups is 1. The number of ether oxygens (including phenoxy) is 1. The molecule has 5 heteroatoms. The molecule has 1 heterocycles. The Balaban J connectivity index is 2.12. The van der Waals surface area contributed by atoms with Gasteiger partial charge in [0.15, 0.2) is 0 Å². The van der Waals surface area contributed by atoms with Gasteiger partial charge in [-0.25, -0.2) is 4.79 Å². The first-order valence-electron chi connectivity index (χ1n) is 5.84. The van der Waals surface area contributed by atoms with Gasteiger partial charge in [-0.2, -0.15) is 0 Å². The fraction of sp³-hybridized carbons (Fsp3) is 0. The van der Waals surface area contributed by atoms with E-state index in [2.05, 4.69) is 0 Å². The zero-order valence-electron chi connectivity index (χ0n) is 10.2. The summed E-state index contributed by atoms with van der Waals surface area (Å²) in [5.74, 6) is -0.767. The van der Waals surface area contributed by atoms with Crippen molar-refractivity contribution in [3.63, 3.8) is 0 Å². The molecule has 100 valence electrons. The van der Waals surface area contributed by atoms with Gasteiger partial charge < -0.3 is 20.1 Å². The molecule has 1 aliphatic heterocycles. The Morgan fingerprint density at radius 2 is 1.65 bits per heavy atom. The summed E-state index contributed by atoms with van der Waals surface area (Å²) >= 11 is 0. The molecule has 2 aromatic rings. The highest BCUT2D eigenvalue weighted by Crippen LogP contribution is 2.43. The van der Waals surface area contributed by atoms with Gasteiger partial charge in [0.25, 0.3) is 0 Å². The summed E-state index contributed by atoms with van der Waals surface area (Å²) in [7, 11) is 0. The number of phenolic OH excluding ortho intramolecular Hbond substituents is 3. The zero-order valence-corrected chi connectivity index (χ0v) is 10.2. The van der Waals surface area contributed by atoms with Crippen LogP contribution >= 0.6 is 0 Å². The van der Waals surface area contributed by atoms with Crippen molar-refractivity contribution in [2.75, 3.05) is 0 Å². The van der Waals surface area contributed by atoms with E-state index in [-0.39, 0.29) is 34.1 Å². The maximum atomic E-state index is 11.8. The predicted molar refractivity (Wildman–Crippen MR) is 71.4 cm³/mol. The summed E-state index contributed by atoms with van der Waals surface area (Å²) < 4.78 is 5.00. The number of esters is 1. The first-order chi connectivity index (χ1) is 9.54. The van der Waals surface area contributed by atoms with Crippen LogP contribution < -0.4 is 4.74 Å². The Morgan fingerprint density at radius 1 is 0.950 bits per heavy atom. The lowest BCUT2D eigenvalue weighted by atomic mass is 10.0. The summed E-state index contributed by atoms with van der Waals surface area (Å²) in [6.07, 6.45) is 1.55. The molecule has 1 aliphatic rings. The minimum Gasteiger partial charge on any atom is -0.508 e. The highest BCUT2D eigenvalue weighted by Gasteiger charge is 2.30. The Kier molecular flexibility index (Phi) is 2.61. The molecule has 0 unspecified atom stereocenters. The van der Waals surface area contributed by atoms with E-state index >= 15 is 0 Å². The first kappa shape index (κ1) is 12.1. The molecule has 0 fully saturated rings. The number of hydrogen-bond acceptors (Lipinski definition) is 5. The van der Waals surface area contributed by atoms with Gasteiger partial charge in [-0.15, -0.1) is 0 Å². The zero-order chi connectivity index (χ0) is 14.3. The molecule has 0 aliphatic carbocycles. The highest BCUT2D eigenvalue weighted by atomic mass is 16.5. The van der Waals surface area contributed by atoms with Gasteiger partial charge in [0, 0.05) is 12.1 Å². The topological polar surface area (TPSA) is 87.0 Å². The van der Waals surface area contributed by atoms with E-state index in [0.29, 0.717) is 5.56 Å². The molecule has 0 spiro atoms. The number of rotatable bonds is 1. The fourth-order valence-electron chi connectivity index (χ4n) is 2.06. The number of hydrogen-bond donors (Lipinski definition) is 3. The van der Waals surface area contributed by atoms with Crippen molar-refractivity contribution < 1.29 is 24.9 Å². The molecule has 0 aromatic heterocycles. The van der Waals surface area contributed by atoms with Crippen molar-refractivity contribution in [1.82, 2.24) is 0 Å². The maximum Gasteiger partial charge on any atom is 0.344 e. The van der Waals surface area contributed by atoms with E-state index in [1.807, 2.05) is 0 Å². The molecular weight excluding hydrogens is 260 g/mol. The molecule has 0 radical (unpaired) electrons. The second-order valence-corrected chi connectivity index (χ2v) is 4.38. The van der Waals surface area contributed by atoms with Gasteiger partial charge in [0.2, 0.25) is 0 Å². The maximum absolute atomic E-state index is 11.8. The number of aromatic hydroxyl groups is 3. The summed E-state index contributed by atoms with van der Waals surface area (Å²) in [5.41, 5.74) is 1.12. The summed E-state index contributed by atoms with van der Waals surface area (Å²) in [6.45, 7) is 0. The third-order valence-corrected chi connectivity index (χ3v) is 2.96. The molecule has 2 aromatic carbocycles. The van der Waals surface area contributed by atoms with Crippen LogP contribution in [0.4, 0.5) is 0 Å². The molecule has 0 saturated carbocycles. The predicted octanol–water partition coefficient (Wildman–Crippen LogP) is 2.26. The van der Waals surface area contributed by atoms with Crippen molar-refractivity contribution in [2.45, 2.75) is 0 Å². The highest BCUT2D eigenvalue weighted by molar-refractivity contribution is 6.26. The van der Waals surface area contributed by atoms with E-state index < -0.39 is 5.97 Å². The summed E-state index contributed by atoms with van der Waals surface area (Å²) in [6, 6.07) is 8.65. The van der Waals surface area contributed by atoms with E-state index in [1.54, 1.807) is 18.2 Å². The average molecular weight is 270 g/mol. The van der Waals surface area contributed by atoms with Crippen LogP contribution in [0.5, 0.6) is 23.0 Å². The van der Waals surface area contributed by atoms with E-state index in [9.17, 15) is 20.1 Å². The molecule has 0 bridgehead atoms. The second-order valence-electron chi connectivity index (χ2n) is 4.38. The summed E-state index contributed by atoms with van der Waals surface area (Å²) in [4.78, 5) is 11.8. The Hall–Kier alpha value is -2.95. The van der Waals surface area contributed by atoms with Crippen LogP contribution in [0.2, 0.25) is 0 Å². The van der Waals surface area contributed by atoms with Crippen molar-refractivity contribution in [3.05, 3.63) is 47.5 Å². The number of phenols is 3. The molecule has 3 N–H and O–H groups in total. The lowest BCUT2D eigenvalue weighted by molar-refractivity contribution is -0.126. The number of benzene rings is 2. The minimum absolute atomic E-state index is 0.120. The number of carbonyl (C=O) groups excluding carboxylic acids is 1. The fourth-order valence-corrected chi connectivity index (χ4v) is 2.06. The normalized spacial score (nSPS) is 15.2. The quantitative estimate of drug-likeness (QED) is 0.420. The van der Waals surface area contributed by atoms with E-state index in [4.69, 9.17) is 4.74 Å². The van der Waals surface area contributed by atoms with Crippen molar-refractivity contribution in [3.8, 4) is 23.0 Å². The minimum atomic E-state index is -0.603. The largest absolute Gasteiger partial charge is 0.508 e. The molecule has 3 rings (SSSR count). The van der Waals surface area contributed by atoms with Crippen molar-refractivity contribution >= 4 is 17.6 Å². The van der Waals surface area contributed by atoms with Crippen LogP contribution in [0.25, 0.3) is 11.6 Å². The molecule has 0 amide bonds. The monoisotopic (exact) mass is 270 g/mol. The van der Waals surface area contributed by atoms with Crippen molar-refractivity contribution in [2.24, 2.45) is 0 Å². The van der Waals surface area contributed by atoms with Gasteiger partial charge in [-0.05, 0) is 23.8 Å². The number of fused-ring (bicyclic) bond motifs is 1. The second kappa shape index (κ2) is 4.31. The van der Waals surface area contributed by atoms with Crippen molar-refractivity contribution in [1.29, 1.82) is 0 Å². The van der Waals surface area contributed by atoms with Crippen LogP contribution in [0, 0.1) is 0 Å². The van der Waals surface area contributed by atoms with Gasteiger partial charge in [0.05, 0.1) is 11.1 Å². The summed E-state index contributed by atoms with van der Waals surface area (Å²) in [5, 5.41) is 28.4. The smallest absolute Gasteiger partial charge is 0.344 e. The molecule has 5 nitrogen and oxygen atoms in total. The standard InChI is InChI=1S/C15H10O5/c16-9-3-1-8(2-4-9)5-11-14-12(18)6-10(17)7-13(14)20-15(11)19/h1-7,16-18H/b11-5-. The van der Waals surface area contributed by atoms with Crippen LogP contribution in [0.1, 0.15) is 11.1 Å². The lowest BCUT2D eigenvalue weighted by Crippen LogP contribution is -2.00. The van der Waals surface area contributed by atoms with Gasteiger partial charge in [-0.1, -0.05) is 12.1 Å². The van der Waals surface area contributed by atoms with Crippen LogP contribution in [-0.4, -0.2) is 21.3 Å².